The summed E-state index contributed by atoms with van der Waals surface area (Å²) in [5, 5.41) is 2.03. The highest BCUT2D eigenvalue weighted by molar-refractivity contribution is 6.07. The maximum absolute atomic E-state index is 12.4. The Morgan fingerprint density at radius 1 is 1.30 bits per heavy atom. The van der Waals surface area contributed by atoms with Crippen molar-refractivity contribution < 1.29 is 9.53 Å². The van der Waals surface area contributed by atoms with Crippen molar-refractivity contribution in [2.45, 2.75) is 32.3 Å². The van der Waals surface area contributed by atoms with E-state index in [0.29, 0.717) is 18.4 Å². The lowest BCUT2D eigenvalue weighted by Crippen LogP contribution is -2.32. The summed E-state index contributed by atoms with van der Waals surface area (Å²) in [6, 6.07) is 7.92. The molecule has 3 heteroatoms. The Morgan fingerprint density at radius 3 is 2.90 bits per heavy atom. The maximum Gasteiger partial charge on any atom is 0.165 e. The molecule has 0 amide bonds. The molecule has 0 atom stereocenters. The van der Waals surface area contributed by atoms with Gasteiger partial charge in [0.2, 0.25) is 0 Å². The number of pyridine rings is 1. The lowest BCUT2D eigenvalue weighted by Gasteiger charge is -2.34. The Morgan fingerprint density at radius 2 is 2.10 bits per heavy atom. The van der Waals surface area contributed by atoms with Crippen LogP contribution in [0.1, 0.15) is 36.5 Å². The van der Waals surface area contributed by atoms with Crippen molar-refractivity contribution in [2.75, 3.05) is 6.61 Å². The standard InChI is InChI=1S/C17H19NO2/c1-2-20-14-7-12(8-14)9-17(19)16-11-18-10-13-5-3-4-6-15(13)16/h3-6,10-12,14H,2,7-9H2,1H3. The minimum absolute atomic E-state index is 0.203. The number of aromatic nitrogens is 1. The quantitative estimate of drug-likeness (QED) is 0.778. The van der Waals surface area contributed by atoms with Gasteiger partial charge in [-0.15, -0.1) is 0 Å². The number of nitrogens with zero attached hydrogens (tertiary/aromatic N) is 1. The van der Waals surface area contributed by atoms with Crippen LogP contribution in [0.15, 0.2) is 36.7 Å². The number of ketones is 1. The predicted octanol–water partition coefficient (Wildman–Crippen LogP) is 3.62. The highest BCUT2D eigenvalue weighted by Gasteiger charge is 2.31. The van der Waals surface area contributed by atoms with Gasteiger partial charge >= 0.3 is 0 Å². The van der Waals surface area contributed by atoms with E-state index in [1.54, 1.807) is 12.4 Å². The molecule has 2 aromatic rings. The van der Waals surface area contributed by atoms with Crippen LogP contribution in [0.25, 0.3) is 10.8 Å². The van der Waals surface area contributed by atoms with Gasteiger partial charge in [0, 0.05) is 36.4 Å². The first-order valence-corrected chi connectivity index (χ1v) is 7.25. The molecule has 3 nitrogen and oxygen atoms in total. The SMILES string of the molecule is CCOC1CC(CC(=O)c2cncc3ccccc23)C1. The van der Waals surface area contributed by atoms with Crippen LogP contribution < -0.4 is 0 Å². The lowest BCUT2D eigenvalue weighted by atomic mass is 9.78. The number of carbonyl (C=O) groups is 1. The van der Waals surface area contributed by atoms with E-state index < -0.39 is 0 Å². The van der Waals surface area contributed by atoms with Crippen molar-refractivity contribution in [1.82, 2.24) is 4.98 Å². The summed E-state index contributed by atoms with van der Waals surface area (Å²) >= 11 is 0. The number of hydrogen-bond acceptors (Lipinski definition) is 3. The minimum Gasteiger partial charge on any atom is -0.378 e. The average molecular weight is 269 g/mol. The first kappa shape index (κ1) is 13.3. The number of benzene rings is 1. The number of fused-ring (bicyclic) bond motifs is 1. The second-order valence-electron chi connectivity index (χ2n) is 5.45. The van der Waals surface area contributed by atoms with Crippen LogP contribution in [-0.4, -0.2) is 23.5 Å². The van der Waals surface area contributed by atoms with Crippen LogP contribution in [0.4, 0.5) is 0 Å². The van der Waals surface area contributed by atoms with Gasteiger partial charge in [-0.25, -0.2) is 0 Å². The summed E-state index contributed by atoms with van der Waals surface area (Å²) in [4.78, 5) is 16.6. The van der Waals surface area contributed by atoms with Crippen LogP contribution in [-0.2, 0) is 4.74 Å². The number of ether oxygens (including phenoxy) is 1. The van der Waals surface area contributed by atoms with E-state index in [0.717, 1.165) is 35.8 Å². The summed E-state index contributed by atoms with van der Waals surface area (Å²) in [5.74, 6) is 0.673. The van der Waals surface area contributed by atoms with Crippen LogP contribution in [0.5, 0.6) is 0 Å². The third-order valence-electron chi connectivity index (χ3n) is 4.04. The van der Waals surface area contributed by atoms with E-state index in [2.05, 4.69) is 4.98 Å². The van der Waals surface area contributed by atoms with Crippen molar-refractivity contribution in [3.8, 4) is 0 Å². The van der Waals surface area contributed by atoms with Crippen LogP contribution >= 0.6 is 0 Å². The molecule has 1 saturated carbocycles. The van der Waals surface area contributed by atoms with Crippen molar-refractivity contribution in [1.29, 1.82) is 0 Å². The molecule has 3 rings (SSSR count). The maximum atomic E-state index is 12.4. The van der Waals surface area contributed by atoms with Crippen molar-refractivity contribution >= 4 is 16.6 Å². The Bertz CT molecular complexity index is 612. The third kappa shape index (κ3) is 2.59. The molecule has 1 aromatic heterocycles. The normalized spacial score (nSPS) is 21.6. The molecule has 0 aliphatic heterocycles. The molecular weight excluding hydrogens is 250 g/mol. The zero-order chi connectivity index (χ0) is 13.9. The second kappa shape index (κ2) is 5.71. The number of hydrogen-bond donors (Lipinski definition) is 0. The first-order chi connectivity index (χ1) is 9.78. The van der Waals surface area contributed by atoms with Gasteiger partial charge in [0.15, 0.2) is 5.78 Å². The molecule has 1 heterocycles. The van der Waals surface area contributed by atoms with E-state index >= 15 is 0 Å². The number of Topliss-reactive ketones (excluding diaryl/α,β-unsaturated/α-hetero) is 1. The number of rotatable bonds is 5. The summed E-state index contributed by atoms with van der Waals surface area (Å²) in [5.41, 5.74) is 0.753. The molecule has 104 valence electrons. The molecule has 1 aromatic carbocycles. The average Bonchev–Trinajstić information content (AvgIpc) is 2.44. The van der Waals surface area contributed by atoms with Gasteiger partial charge in [-0.05, 0) is 31.1 Å². The van der Waals surface area contributed by atoms with E-state index in [4.69, 9.17) is 4.74 Å². The lowest BCUT2D eigenvalue weighted by molar-refractivity contribution is -0.0245. The van der Waals surface area contributed by atoms with Crippen molar-refractivity contribution in [2.24, 2.45) is 5.92 Å². The van der Waals surface area contributed by atoms with E-state index in [-0.39, 0.29) is 5.78 Å². The number of carbonyl (C=O) groups excluding carboxylic acids is 1. The van der Waals surface area contributed by atoms with E-state index in [9.17, 15) is 4.79 Å². The predicted molar refractivity (Wildman–Crippen MR) is 78.8 cm³/mol. The minimum atomic E-state index is 0.203. The zero-order valence-electron chi connectivity index (χ0n) is 11.7. The highest BCUT2D eigenvalue weighted by atomic mass is 16.5. The largest absolute Gasteiger partial charge is 0.378 e. The molecular formula is C17H19NO2. The molecule has 0 saturated heterocycles. The summed E-state index contributed by atoms with van der Waals surface area (Å²) in [6.45, 7) is 2.78. The summed E-state index contributed by atoms with van der Waals surface area (Å²) in [7, 11) is 0. The van der Waals surface area contributed by atoms with Crippen LogP contribution in [0.2, 0.25) is 0 Å². The summed E-state index contributed by atoms with van der Waals surface area (Å²) in [6.07, 6.45) is 6.50. The molecule has 0 bridgehead atoms. The Balaban J connectivity index is 1.71. The topological polar surface area (TPSA) is 39.2 Å². The molecule has 20 heavy (non-hydrogen) atoms. The summed E-state index contributed by atoms with van der Waals surface area (Å²) < 4.78 is 5.54. The molecule has 1 aliphatic carbocycles. The van der Waals surface area contributed by atoms with Crippen molar-refractivity contribution in [3.63, 3.8) is 0 Å². The fourth-order valence-electron chi connectivity index (χ4n) is 2.92. The van der Waals surface area contributed by atoms with Gasteiger partial charge in [0.05, 0.1) is 6.10 Å². The Kier molecular flexibility index (Phi) is 3.79. The Labute approximate surface area is 119 Å². The van der Waals surface area contributed by atoms with Gasteiger partial charge in [0.1, 0.15) is 0 Å². The zero-order valence-corrected chi connectivity index (χ0v) is 11.7. The fraction of sp³-hybridized carbons (Fsp3) is 0.412. The molecule has 0 unspecified atom stereocenters. The van der Waals surface area contributed by atoms with Crippen LogP contribution in [0.3, 0.4) is 0 Å². The van der Waals surface area contributed by atoms with Crippen molar-refractivity contribution in [3.05, 3.63) is 42.2 Å². The second-order valence-corrected chi connectivity index (χ2v) is 5.45. The molecule has 0 radical (unpaired) electrons. The molecule has 1 aliphatic rings. The first-order valence-electron chi connectivity index (χ1n) is 7.25. The van der Waals surface area contributed by atoms with E-state index in [1.807, 2.05) is 31.2 Å². The van der Waals surface area contributed by atoms with Crippen LogP contribution in [0, 0.1) is 5.92 Å². The van der Waals surface area contributed by atoms with Gasteiger partial charge in [-0.3, -0.25) is 9.78 Å². The highest BCUT2D eigenvalue weighted by Crippen LogP contribution is 2.34. The van der Waals surface area contributed by atoms with Gasteiger partial charge in [-0.2, -0.15) is 0 Å². The van der Waals surface area contributed by atoms with Gasteiger partial charge < -0.3 is 4.74 Å². The van der Waals surface area contributed by atoms with Gasteiger partial charge in [-0.1, -0.05) is 24.3 Å². The monoisotopic (exact) mass is 269 g/mol. The Hall–Kier alpha value is -1.74. The molecule has 1 fully saturated rings. The molecule has 0 spiro atoms. The fourth-order valence-corrected chi connectivity index (χ4v) is 2.92. The third-order valence-corrected chi connectivity index (χ3v) is 4.04. The smallest absolute Gasteiger partial charge is 0.165 e. The molecule has 0 N–H and O–H groups in total. The van der Waals surface area contributed by atoms with Gasteiger partial charge in [0.25, 0.3) is 0 Å². The van der Waals surface area contributed by atoms with E-state index in [1.165, 1.54) is 0 Å².